The van der Waals surface area contributed by atoms with Crippen molar-refractivity contribution in [1.29, 1.82) is 0 Å². The summed E-state index contributed by atoms with van der Waals surface area (Å²) >= 11 is 0. The number of rotatable bonds is 6. The molecule has 0 aromatic carbocycles. The summed E-state index contributed by atoms with van der Waals surface area (Å²) in [5.74, 6) is 1.48. The second-order valence-electron chi connectivity index (χ2n) is 7.65. The third-order valence-corrected chi connectivity index (χ3v) is 5.53. The van der Waals surface area contributed by atoms with Crippen molar-refractivity contribution in [1.82, 2.24) is 24.7 Å². The average molecular weight is 396 g/mol. The number of ether oxygens (including phenoxy) is 2. The van der Waals surface area contributed by atoms with Crippen LogP contribution in [0.2, 0.25) is 0 Å². The Balaban J connectivity index is 1.42. The summed E-state index contributed by atoms with van der Waals surface area (Å²) < 4.78 is 15.3. The van der Waals surface area contributed by atoms with Crippen LogP contribution in [-0.4, -0.2) is 57.7 Å². The smallest absolute Gasteiger partial charge is 0.228 e. The third kappa shape index (κ3) is 3.47. The quantitative estimate of drug-likeness (QED) is 0.655. The van der Waals surface area contributed by atoms with E-state index in [9.17, 15) is 4.79 Å². The largest absolute Gasteiger partial charge is 0.482 e. The maximum Gasteiger partial charge on any atom is 0.228 e. The number of aryl methyl sites for hydroxylation is 1. The van der Waals surface area contributed by atoms with Crippen LogP contribution in [0.1, 0.15) is 12.8 Å². The van der Waals surface area contributed by atoms with Crippen molar-refractivity contribution in [3.05, 3.63) is 30.6 Å². The molecule has 0 spiro atoms. The summed E-state index contributed by atoms with van der Waals surface area (Å²) in [4.78, 5) is 12.0. The first kappa shape index (κ1) is 18.1. The molecule has 0 radical (unpaired) electrons. The van der Waals surface area contributed by atoms with Crippen molar-refractivity contribution in [2.75, 3.05) is 25.5 Å². The van der Waals surface area contributed by atoms with Crippen molar-refractivity contribution in [3.8, 4) is 17.0 Å². The number of hydrogen-bond donors (Lipinski definition) is 2. The molecule has 1 saturated carbocycles. The van der Waals surface area contributed by atoms with Crippen LogP contribution in [0.15, 0.2) is 30.6 Å². The average Bonchev–Trinajstić information content (AvgIpc) is 3.19. The Morgan fingerprint density at radius 3 is 2.90 bits per heavy atom. The standard InChI is InChI=1S/C20H24N6O3/c1-25-19(17(11-22-25)29-16-10-21-9-15(16)28-2)13-5-6-26-14(7-13)8-18(24-26)23-20(27)12-3-4-12/h5-8,11-12,15-16,21H,3-4,9-10H2,1-2H3,(H,23,24,27)/t15-,16+/m0/s1. The number of aromatic nitrogens is 4. The molecular formula is C20H24N6O3. The molecule has 0 bridgehead atoms. The number of nitrogens with one attached hydrogen (secondary N) is 2. The maximum absolute atomic E-state index is 12.0. The SMILES string of the molecule is CO[C@H]1CNC[C@H]1Oc1cnn(C)c1-c1ccn2nc(NC(=O)C3CC3)cc2c1. The second-order valence-corrected chi connectivity index (χ2v) is 7.65. The van der Waals surface area contributed by atoms with Crippen LogP contribution in [0.5, 0.6) is 5.75 Å². The summed E-state index contributed by atoms with van der Waals surface area (Å²) in [5.41, 5.74) is 2.74. The number of anilines is 1. The Labute approximate surface area is 168 Å². The van der Waals surface area contributed by atoms with Crippen LogP contribution in [0.25, 0.3) is 16.8 Å². The van der Waals surface area contributed by atoms with Crippen molar-refractivity contribution >= 4 is 17.2 Å². The number of amides is 1. The summed E-state index contributed by atoms with van der Waals surface area (Å²) in [7, 11) is 3.59. The molecule has 3 aromatic heterocycles. The number of methoxy groups -OCH3 is 1. The Hall–Kier alpha value is -2.91. The molecule has 2 aliphatic rings. The summed E-state index contributed by atoms with van der Waals surface area (Å²) in [6.45, 7) is 1.51. The van der Waals surface area contributed by atoms with Gasteiger partial charge in [0.1, 0.15) is 17.9 Å². The summed E-state index contributed by atoms with van der Waals surface area (Å²) in [6.07, 6.45) is 5.50. The Bertz CT molecular complexity index is 1050. The zero-order chi connectivity index (χ0) is 20.0. The number of pyridine rings is 1. The minimum Gasteiger partial charge on any atom is -0.482 e. The van der Waals surface area contributed by atoms with Crippen molar-refractivity contribution in [3.63, 3.8) is 0 Å². The van der Waals surface area contributed by atoms with E-state index in [2.05, 4.69) is 20.8 Å². The highest BCUT2D eigenvalue weighted by molar-refractivity contribution is 5.93. The molecule has 0 unspecified atom stereocenters. The molecule has 9 nitrogen and oxygen atoms in total. The molecule has 2 atom stereocenters. The highest BCUT2D eigenvalue weighted by Gasteiger charge is 2.31. The fraction of sp³-hybridized carbons (Fsp3) is 0.450. The van der Waals surface area contributed by atoms with E-state index in [1.165, 1.54) is 0 Å². The maximum atomic E-state index is 12.0. The van der Waals surface area contributed by atoms with Gasteiger partial charge in [-0.15, -0.1) is 0 Å². The molecule has 2 fully saturated rings. The Morgan fingerprint density at radius 2 is 2.10 bits per heavy atom. The van der Waals surface area contributed by atoms with Gasteiger partial charge in [0.15, 0.2) is 11.6 Å². The summed E-state index contributed by atoms with van der Waals surface area (Å²) in [6, 6.07) is 5.87. The van der Waals surface area contributed by atoms with Gasteiger partial charge in [-0.05, 0) is 25.0 Å². The molecule has 152 valence electrons. The monoisotopic (exact) mass is 396 g/mol. The van der Waals surface area contributed by atoms with Crippen molar-refractivity contribution in [2.45, 2.75) is 25.0 Å². The number of carbonyl (C=O) groups is 1. The van der Waals surface area contributed by atoms with E-state index in [0.29, 0.717) is 5.82 Å². The molecule has 4 heterocycles. The normalized spacial score (nSPS) is 21.6. The van der Waals surface area contributed by atoms with E-state index < -0.39 is 0 Å². The van der Waals surface area contributed by atoms with Gasteiger partial charge in [-0.3, -0.25) is 9.48 Å². The van der Waals surface area contributed by atoms with Gasteiger partial charge in [-0.25, -0.2) is 4.52 Å². The van der Waals surface area contributed by atoms with Gasteiger partial charge in [0.2, 0.25) is 5.91 Å². The first-order valence-corrected chi connectivity index (χ1v) is 9.85. The van der Waals surface area contributed by atoms with E-state index in [1.54, 1.807) is 22.5 Å². The Kier molecular flexibility index (Phi) is 4.48. The predicted octanol–water partition coefficient (Wildman–Crippen LogP) is 1.45. The number of hydrogen-bond acceptors (Lipinski definition) is 6. The van der Waals surface area contributed by atoms with Gasteiger partial charge in [0.25, 0.3) is 0 Å². The van der Waals surface area contributed by atoms with Crippen LogP contribution in [0.3, 0.4) is 0 Å². The van der Waals surface area contributed by atoms with Crippen LogP contribution >= 0.6 is 0 Å². The molecular weight excluding hydrogens is 372 g/mol. The summed E-state index contributed by atoms with van der Waals surface area (Å²) in [5, 5.41) is 15.0. The lowest BCUT2D eigenvalue weighted by molar-refractivity contribution is -0.117. The van der Waals surface area contributed by atoms with Gasteiger partial charge < -0.3 is 20.1 Å². The zero-order valence-electron chi connectivity index (χ0n) is 16.5. The fourth-order valence-electron chi connectivity index (χ4n) is 3.76. The molecule has 1 saturated heterocycles. The number of nitrogens with zero attached hydrogens (tertiary/aromatic N) is 4. The minimum atomic E-state index is -0.0640. The van der Waals surface area contributed by atoms with Crippen LogP contribution < -0.4 is 15.4 Å². The Morgan fingerprint density at radius 1 is 1.28 bits per heavy atom. The lowest BCUT2D eigenvalue weighted by Gasteiger charge is -2.19. The van der Waals surface area contributed by atoms with Gasteiger partial charge in [0.05, 0.1) is 11.7 Å². The number of carbonyl (C=O) groups excluding carboxylic acids is 1. The molecule has 2 N–H and O–H groups in total. The van der Waals surface area contributed by atoms with Crippen molar-refractivity contribution in [2.24, 2.45) is 13.0 Å². The minimum absolute atomic E-state index is 0.0120. The lowest BCUT2D eigenvalue weighted by atomic mass is 10.1. The van der Waals surface area contributed by atoms with E-state index in [0.717, 1.165) is 48.5 Å². The highest BCUT2D eigenvalue weighted by Crippen LogP contribution is 2.33. The molecule has 1 amide bonds. The van der Waals surface area contributed by atoms with E-state index in [-0.39, 0.29) is 24.0 Å². The highest BCUT2D eigenvalue weighted by atomic mass is 16.5. The molecule has 1 aliphatic carbocycles. The van der Waals surface area contributed by atoms with E-state index >= 15 is 0 Å². The van der Waals surface area contributed by atoms with Crippen molar-refractivity contribution < 1.29 is 14.3 Å². The van der Waals surface area contributed by atoms with Crippen LogP contribution in [0.4, 0.5) is 5.82 Å². The van der Waals surface area contributed by atoms with E-state index in [1.807, 2.05) is 31.4 Å². The predicted molar refractivity (Wildman–Crippen MR) is 107 cm³/mol. The number of fused-ring (bicyclic) bond motifs is 1. The topological polar surface area (TPSA) is 94.7 Å². The fourth-order valence-corrected chi connectivity index (χ4v) is 3.76. The van der Waals surface area contributed by atoms with Crippen LogP contribution in [-0.2, 0) is 16.6 Å². The molecule has 5 rings (SSSR count). The van der Waals surface area contributed by atoms with Crippen LogP contribution in [0, 0.1) is 5.92 Å². The molecule has 3 aromatic rings. The van der Waals surface area contributed by atoms with Gasteiger partial charge in [-0.1, -0.05) is 0 Å². The van der Waals surface area contributed by atoms with Gasteiger partial charge in [0, 0.05) is 51.0 Å². The lowest BCUT2D eigenvalue weighted by Crippen LogP contribution is -2.31. The van der Waals surface area contributed by atoms with E-state index in [4.69, 9.17) is 9.47 Å². The molecule has 1 aliphatic heterocycles. The first-order valence-electron chi connectivity index (χ1n) is 9.85. The second kappa shape index (κ2) is 7.16. The van der Waals surface area contributed by atoms with Gasteiger partial charge >= 0.3 is 0 Å². The zero-order valence-corrected chi connectivity index (χ0v) is 16.5. The first-order chi connectivity index (χ1) is 14.1. The van der Waals surface area contributed by atoms with Gasteiger partial charge in [-0.2, -0.15) is 10.2 Å². The third-order valence-electron chi connectivity index (χ3n) is 5.53. The molecule has 29 heavy (non-hydrogen) atoms. The molecule has 9 heteroatoms.